The molecular weight excluding hydrogens is 270 g/mol. The SMILES string of the molecule is O=C(/C=C/C=C/CSc1cccc2ccccc12)NO. The summed E-state index contributed by atoms with van der Waals surface area (Å²) in [5.74, 6) is 0.287. The van der Waals surface area contributed by atoms with E-state index in [4.69, 9.17) is 5.21 Å². The van der Waals surface area contributed by atoms with Crippen molar-refractivity contribution >= 4 is 28.4 Å². The lowest BCUT2D eigenvalue weighted by Gasteiger charge is -2.04. The van der Waals surface area contributed by atoms with Crippen molar-refractivity contribution in [2.75, 3.05) is 5.75 Å². The van der Waals surface area contributed by atoms with E-state index in [0.29, 0.717) is 0 Å². The van der Waals surface area contributed by atoms with Gasteiger partial charge in [-0.15, -0.1) is 11.8 Å². The number of nitrogens with one attached hydrogen (secondary N) is 1. The van der Waals surface area contributed by atoms with Gasteiger partial charge in [0.1, 0.15) is 0 Å². The lowest BCUT2D eigenvalue weighted by atomic mass is 10.1. The average Bonchev–Trinajstić information content (AvgIpc) is 2.50. The van der Waals surface area contributed by atoms with Crippen molar-refractivity contribution in [1.29, 1.82) is 0 Å². The van der Waals surface area contributed by atoms with Crippen LogP contribution < -0.4 is 5.48 Å². The van der Waals surface area contributed by atoms with Gasteiger partial charge in [0.15, 0.2) is 0 Å². The van der Waals surface area contributed by atoms with Crippen molar-refractivity contribution < 1.29 is 10.0 Å². The molecule has 0 saturated heterocycles. The van der Waals surface area contributed by atoms with Gasteiger partial charge < -0.3 is 0 Å². The summed E-state index contributed by atoms with van der Waals surface area (Å²) in [7, 11) is 0. The summed E-state index contributed by atoms with van der Waals surface area (Å²) in [6, 6.07) is 14.6. The summed E-state index contributed by atoms with van der Waals surface area (Å²) >= 11 is 1.74. The van der Waals surface area contributed by atoms with E-state index in [2.05, 4.69) is 30.3 Å². The largest absolute Gasteiger partial charge is 0.288 e. The third-order valence-electron chi connectivity index (χ3n) is 2.69. The Bertz CT molecular complexity index is 644. The van der Waals surface area contributed by atoms with Crippen molar-refractivity contribution in [3.8, 4) is 0 Å². The number of amides is 1. The van der Waals surface area contributed by atoms with Crippen molar-refractivity contribution in [1.82, 2.24) is 5.48 Å². The van der Waals surface area contributed by atoms with Crippen molar-refractivity contribution in [3.63, 3.8) is 0 Å². The molecule has 0 heterocycles. The van der Waals surface area contributed by atoms with Crippen LogP contribution in [-0.2, 0) is 4.79 Å². The molecule has 2 N–H and O–H groups in total. The van der Waals surface area contributed by atoms with E-state index >= 15 is 0 Å². The third kappa shape index (κ3) is 3.98. The summed E-state index contributed by atoms with van der Waals surface area (Å²) in [6.07, 6.45) is 6.61. The minimum absolute atomic E-state index is 0.531. The first kappa shape index (κ1) is 14.4. The van der Waals surface area contributed by atoms with Crippen LogP contribution >= 0.6 is 11.8 Å². The number of carbonyl (C=O) groups excluding carboxylic acids is 1. The van der Waals surface area contributed by atoms with Crippen LogP contribution in [-0.4, -0.2) is 16.9 Å². The molecule has 0 aliphatic carbocycles. The van der Waals surface area contributed by atoms with Gasteiger partial charge in [0, 0.05) is 16.7 Å². The van der Waals surface area contributed by atoms with Gasteiger partial charge in [0.2, 0.25) is 0 Å². The summed E-state index contributed by atoms with van der Waals surface area (Å²) in [6.45, 7) is 0. The molecule has 3 nitrogen and oxygen atoms in total. The molecule has 0 radical (unpaired) electrons. The minimum atomic E-state index is -0.531. The maximum atomic E-state index is 10.7. The fraction of sp³-hybridized carbons (Fsp3) is 0.0625. The van der Waals surface area contributed by atoms with Crippen LogP contribution in [0, 0.1) is 0 Å². The Morgan fingerprint density at radius 2 is 1.95 bits per heavy atom. The predicted octanol–water partition coefficient (Wildman–Crippen LogP) is 3.55. The van der Waals surface area contributed by atoms with Gasteiger partial charge in [-0.2, -0.15) is 0 Å². The summed E-state index contributed by atoms with van der Waals surface area (Å²) in [5.41, 5.74) is 1.54. The molecule has 0 aliphatic heterocycles. The van der Waals surface area contributed by atoms with Crippen molar-refractivity contribution in [2.45, 2.75) is 4.90 Å². The van der Waals surface area contributed by atoms with Crippen LogP contribution in [0.15, 0.2) is 71.7 Å². The van der Waals surface area contributed by atoms with E-state index in [0.717, 1.165) is 5.75 Å². The third-order valence-corrected chi connectivity index (χ3v) is 3.72. The number of carbonyl (C=O) groups is 1. The molecule has 0 unspecified atom stereocenters. The smallest absolute Gasteiger partial charge is 0.267 e. The number of rotatable bonds is 5. The molecule has 102 valence electrons. The van der Waals surface area contributed by atoms with Gasteiger partial charge in [-0.1, -0.05) is 54.6 Å². The van der Waals surface area contributed by atoms with Crippen molar-refractivity contribution in [3.05, 3.63) is 66.8 Å². The monoisotopic (exact) mass is 285 g/mol. The van der Waals surface area contributed by atoms with Gasteiger partial charge in [-0.05, 0) is 16.8 Å². The van der Waals surface area contributed by atoms with Crippen LogP contribution in [0.25, 0.3) is 10.8 Å². The molecular formula is C16H15NO2S. The van der Waals surface area contributed by atoms with Crippen LogP contribution in [0.5, 0.6) is 0 Å². The normalized spacial score (nSPS) is 11.4. The quantitative estimate of drug-likeness (QED) is 0.290. The van der Waals surface area contributed by atoms with Crippen LogP contribution in [0.4, 0.5) is 0 Å². The topological polar surface area (TPSA) is 49.3 Å². The van der Waals surface area contributed by atoms with Gasteiger partial charge >= 0.3 is 0 Å². The zero-order valence-corrected chi connectivity index (χ0v) is 11.6. The molecule has 1 amide bonds. The second-order valence-corrected chi connectivity index (χ2v) is 5.11. The van der Waals surface area contributed by atoms with Gasteiger partial charge in [-0.25, -0.2) is 5.48 Å². The summed E-state index contributed by atoms with van der Waals surface area (Å²) in [4.78, 5) is 12.0. The Hall–Kier alpha value is -2.04. The Labute approximate surface area is 122 Å². The first-order valence-corrected chi connectivity index (χ1v) is 7.17. The minimum Gasteiger partial charge on any atom is -0.288 e. The molecule has 0 atom stereocenters. The Balaban J connectivity index is 1.95. The first-order chi connectivity index (χ1) is 9.81. The molecule has 2 aromatic rings. The summed E-state index contributed by atoms with van der Waals surface area (Å²) in [5, 5.41) is 10.8. The number of benzene rings is 2. The Morgan fingerprint density at radius 1 is 1.15 bits per heavy atom. The van der Waals surface area contributed by atoms with Crippen LogP contribution in [0.1, 0.15) is 0 Å². The van der Waals surface area contributed by atoms with Crippen LogP contribution in [0.3, 0.4) is 0 Å². The highest BCUT2D eigenvalue weighted by molar-refractivity contribution is 7.99. The first-order valence-electron chi connectivity index (χ1n) is 6.19. The molecule has 0 spiro atoms. The van der Waals surface area contributed by atoms with Gasteiger partial charge in [-0.3, -0.25) is 10.0 Å². The molecule has 2 rings (SSSR count). The molecule has 0 fully saturated rings. The molecule has 0 saturated carbocycles. The molecule has 0 aliphatic rings. The second-order valence-electron chi connectivity index (χ2n) is 4.05. The standard InChI is InChI=1S/C16H15NO2S/c18-16(17-19)11-2-1-5-12-20-15-10-6-8-13-7-3-4-9-14(13)15/h1-11,19H,12H2,(H,17,18)/b5-1+,11-2+. The Kier molecular flexibility index (Phi) is 5.41. The predicted molar refractivity (Wildman–Crippen MR) is 82.9 cm³/mol. The van der Waals surface area contributed by atoms with E-state index in [-0.39, 0.29) is 0 Å². The number of hydroxylamine groups is 1. The van der Waals surface area contributed by atoms with E-state index < -0.39 is 5.91 Å². The fourth-order valence-corrected chi connectivity index (χ4v) is 2.68. The number of allylic oxidation sites excluding steroid dienone is 2. The molecule has 0 bridgehead atoms. The van der Waals surface area contributed by atoms with E-state index in [1.165, 1.54) is 27.2 Å². The zero-order valence-electron chi connectivity index (χ0n) is 10.8. The fourth-order valence-electron chi connectivity index (χ4n) is 1.77. The van der Waals surface area contributed by atoms with Crippen molar-refractivity contribution in [2.24, 2.45) is 0 Å². The number of hydrogen-bond donors (Lipinski definition) is 2. The van der Waals surface area contributed by atoms with E-state index in [1.54, 1.807) is 23.9 Å². The summed E-state index contributed by atoms with van der Waals surface area (Å²) < 4.78 is 0. The van der Waals surface area contributed by atoms with Crippen LogP contribution in [0.2, 0.25) is 0 Å². The number of hydrogen-bond acceptors (Lipinski definition) is 3. The molecule has 20 heavy (non-hydrogen) atoms. The Morgan fingerprint density at radius 3 is 2.80 bits per heavy atom. The highest BCUT2D eigenvalue weighted by Gasteiger charge is 1.98. The molecule has 2 aromatic carbocycles. The molecule has 4 heteroatoms. The highest BCUT2D eigenvalue weighted by Crippen LogP contribution is 2.27. The zero-order chi connectivity index (χ0) is 14.2. The maximum absolute atomic E-state index is 10.7. The van der Waals surface area contributed by atoms with Gasteiger partial charge in [0.25, 0.3) is 5.91 Å². The molecule has 0 aromatic heterocycles. The van der Waals surface area contributed by atoms with Gasteiger partial charge in [0.05, 0.1) is 0 Å². The lowest BCUT2D eigenvalue weighted by Crippen LogP contribution is -2.14. The lowest BCUT2D eigenvalue weighted by molar-refractivity contribution is -0.124. The maximum Gasteiger partial charge on any atom is 0.267 e. The van der Waals surface area contributed by atoms with E-state index in [9.17, 15) is 4.79 Å². The second kappa shape index (κ2) is 7.53. The number of thioether (sulfide) groups is 1. The highest BCUT2D eigenvalue weighted by atomic mass is 32.2. The average molecular weight is 285 g/mol. The number of fused-ring (bicyclic) bond motifs is 1. The van der Waals surface area contributed by atoms with E-state index in [1.807, 2.05) is 18.2 Å².